The summed E-state index contributed by atoms with van der Waals surface area (Å²) in [6, 6.07) is 10.6. The van der Waals surface area contributed by atoms with Crippen LogP contribution in [0.15, 0.2) is 57.0 Å². The lowest BCUT2D eigenvalue weighted by Gasteiger charge is -2.13. The van der Waals surface area contributed by atoms with Crippen molar-refractivity contribution in [3.8, 4) is 0 Å². The van der Waals surface area contributed by atoms with E-state index in [1.807, 2.05) is 12.1 Å². The molecule has 1 heterocycles. The Morgan fingerprint density at radius 1 is 1.15 bits per heavy atom. The average molecular weight is 492 g/mol. The smallest absolute Gasteiger partial charge is 0.242 e. The van der Waals surface area contributed by atoms with Crippen molar-refractivity contribution in [3.05, 3.63) is 54.0 Å². The highest BCUT2D eigenvalue weighted by Crippen LogP contribution is 2.13. The van der Waals surface area contributed by atoms with Gasteiger partial charge in [0.15, 0.2) is 5.96 Å². The standard InChI is InChI=1S/C17H24N4O3S.HI/c1-18-17(19-11-10-15-5-4-12-24-15)20-13-14-6-8-16(9-7-14)25(22,23)21(2)3;/h4-9,12H,10-11,13H2,1-3H3,(H2,18,19,20);1H. The summed E-state index contributed by atoms with van der Waals surface area (Å²) in [6.07, 6.45) is 2.42. The van der Waals surface area contributed by atoms with Gasteiger partial charge in [-0.2, -0.15) is 0 Å². The van der Waals surface area contributed by atoms with Crippen LogP contribution in [0.25, 0.3) is 0 Å². The van der Waals surface area contributed by atoms with Gasteiger partial charge >= 0.3 is 0 Å². The Morgan fingerprint density at radius 3 is 2.38 bits per heavy atom. The quantitative estimate of drug-likeness (QED) is 0.351. The monoisotopic (exact) mass is 492 g/mol. The molecule has 0 radical (unpaired) electrons. The van der Waals surface area contributed by atoms with E-state index in [4.69, 9.17) is 4.42 Å². The van der Waals surface area contributed by atoms with Gasteiger partial charge in [-0.25, -0.2) is 12.7 Å². The van der Waals surface area contributed by atoms with Crippen LogP contribution in [0.2, 0.25) is 0 Å². The number of nitrogens with one attached hydrogen (secondary N) is 2. The molecule has 0 aliphatic rings. The van der Waals surface area contributed by atoms with Crippen LogP contribution < -0.4 is 10.6 Å². The molecule has 0 atom stereocenters. The summed E-state index contributed by atoms with van der Waals surface area (Å²) in [4.78, 5) is 4.44. The summed E-state index contributed by atoms with van der Waals surface area (Å²) < 4.78 is 30.6. The van der Waals surface area contributed by atoms with Crippen molar-refractivity contribution < 1.29 is 12.8 Å². The number of sulfonamides is 1. The third-order valence-corrected chi connectivity index (χ3v) is 5.46. The lowest BCUT2D eigenvalue weighted by Crippen LogP contribution is -2.37. The van der Waals surface area contributed by atoms with Gasteiger partial charge in [0.25, 0.3) is 0 Å². The molecule has 0 spiro atoms. The van der Waals surface area contributed by atoms with E-state index in [1.54, 1.807) is 37.6 Å². The van der Waals surface area contributed by atoms with E-state index in [2.05, 4.69) is 15.6 Å². The lowest BCUT2D eigenvalue weighted by atomic mass is 10.2. The summed E-state index contributed by atoms with van der Waals surface area (Å²) in [5, 5.41) is 6.40. The second kappa shape index (κ2) is 10.5. The van der Waals surface area contributed by atoms with Gasteiger partial charge in [-0.3, -0.25) is 4.99 Å². The Kier molecular flexibility index (Phi) is 9.09. The number of aliphatic imine (C=N–C) groups is 1. The molecule has 0 saturated carbocycles. The molecule has 0 aliphatic heterocycles. The molecule has 144 valence electrons. The molecular formula is C17H25IN4O3S. The maximum atomic E-state index is 12.0. The minimum atomic E-state index is -3.40. The fourth-order valence-corrected chi connectivity index (χ4v) is 3.06. The van der Waals surface area contributed by atoms with Crippen LogP contribution >= 0.6 is 24.0 Å². The largest absolute Gasteiger partial charge is 0.469 e. The van der Waals surface area contributed by atoms with Crippen LogP contribution in [0.1, 0.15) is 11.3 Å². The van der Waals surface area contributed by atoms with Gasteiger partial charge in [0.2, 0.25) is 10.0 Å². The lowest BCUT2D eigenvalue weighted by molar-refractivity contribution is 0.506. The number of hydrogen-bond donors (Lipinski definition) is 2. The Bertz CT molecular complexity index is 788. The topological polar surface area (TPSA) is 86.9 Å². The maximum Gasteiger partial charge on any atom is 0.242 e. The molecule has 0 aliphatic carbocycles. The number of furan rings is 1. The molecule has 26 heavy (non-hydrogen) atoms. The fourth-order valence-electron chi connectivity index (χ4n) is 2.16. The van der Waals surface area contributed by atoms with Crippen molar-refractivity contribution in [3.63, 3.8) is 0 Å². The Morgan fingerprint density at radius 2 is 1.85 bits per heavy atom. The second-order valence-corrected chi connectivity index (χ2v) is 7.77. The van der Waals surface area contributed by atoms with Gasteiger partial charge in [0.05, 0.1) is 11.2 Å². The van der Waals surface area contributed by atoms with Crippen LogP contribution in [0.5, 0.6) is 0 Å². The zero-order chi connectivity index (χ0) is 18.3. The Labute approximate surface area is 171 Å². The molecule has 1 aromatic heterocycles. The molecule has 0 fully saturated rings. The molecule has 1 aromatic carbocycles. The SMILES string of the molecule is CN=C(NCCc1ccco1)NCc1ccc(S(=O)(=O)N(C)C)cc1.I. The van der Waals surface area contributed by atoms with Crippen LogP contribution in [0, 0.1) is 0 Å². The fraction of sp³-hybridized carbons (Fsp3) is 0.353. The first-order valence-corrected chi connectivity index (χ1v) is 9.36. The van der Waals surface area contributed by atoms with Crippen LogP contribution in [-0.2, 0) is 23.0 Å². The summed E-state index contributed by atoms with van der Waals surface area (Å²) in [7, 11) is 1.34. The normalized spacial score (nSPS) is 11.9. The van der Waals surface area contributed by atoms with E-state index < -0.39 is 10.0 Å². The van der Waals surface area contributed by atoms with E-state index >= 15 is 0 Å². The minimum Gasteiger partial charge on any atom is -0.469 e. The molecule has 2 aromatic rings. The number of halogens is 1. The molecular weight excluding hydrogens is 467 g/mol. The number of benzene rings is 1. The molecule has 0 bridgehead atoms. The van der Waals surface area contributed by atoms with Gasteiger partial charge < -0.3 is 15.1 Å². The van der Waals surface area contributed by atoms with Crippen molar-refractivity contribution in [2.75, 3.05) is 27.7 Å². The third-order valence-electron chi connectivity index (χ3n) is 3.63. The van der Waals surface area contributed by atoms with Crippen molar-refractivity contribution >= 4 is 40.0 Å². The van der Waals surface area contributed by atoms with E-state index in [0.717, 1.165) is 17.7 Å². The van der Waals surface area contributed by atoms with Gasteiger partial charge in [-0.1, -0.05) is 12.1 Å². The predicted octanol–water partition coefficient (Wildman–Crippen LogP) is 2.06. The van der Waals surface area contributed by atoms with Gasteiger partial charge in [0.1, 0.15) is 5.76 Å². The zero-order valence-electron chi connectivity index (χ0n) is 15.1. The summed E-state index contributed by atoms with van der Waals surface area (Å²) in [5.41, 5.74) is 0.965. The first kappa shape index (κ1) is 22.5. The molecule has 2 rings (SSSR count). The number of rotatable bonds is 7. The molecule has 0 amide bonds. The summed E-state index contributed by atoms with van der Waals surface area (Å²) >= 11 is 0. The highest BCUT2D eigenvalue weighted by atomic mass is 127. The molecule has 0 unspecified atom stereocenters. The van der Waals surface area contributed by atoms with E-state index in [9.17, 15) is 8.42 Å². The van der Waals surface area contributed by atoms with Gasteiger partial charge in [-0.15, -0.1) is 24.0 Å². The second-order valence-electron chi connectivity index (χ2n) is 5.61. The third kappa shape index (κ3) is 6.29. The molecule has 9 heteroatoms. The maximum absolute atomic E-state index is 12.0. The van der Waals surface area contributed by atoms with Crippen molar-refractivity contribution in [1.82, 2.24) is 14.9 Å². The van der Waals surface area contributed by atoms with Crippen LogP contribution in [0.4, 0.5) is 0 Å². The first-order chi connectivity index (χ1) is 11.9. The number of hydrogen-bond acceptors (Lipinski definition) is 4. The molecule has 7 nitrogen and oxygen atoms in total. The van der Waals surface area contributed by atoms with Crippen LogP contribution in [0.3, 0.4) is 0 Å². The van der Waals surface area contributed by atoms with E-state index in [1.165, 1.54) is 18.4 Å². The zero-order valence-corrected chi connectivity index (χ0v) is 18.2. The van der Waals surface area contributed by atoms with Crippen molar-refractivity contribution in [1.29, 1.82) is 0 Å². The van der Waals surface area contributed by atoms with Crippen molar-refractivity contribution in [2.45, 2.75) is 17.9 Å². The van der Waals surface area contributed by atoms with Gasteiger partial charge in [0, 0.05) is 40.7 Å². The first-order valence-electron chi connectivity index (χ1n) is 7.92. The number of nitrogens with zero attached hydrogens (tertiary/aromatic N) is 2. The van der Waals surface area contributed by atoms with E-state index in [0.29, 0.717) is 19.0 Å². The van der Waals surface area contributed by atoms with Crippen molar-refractivity contribution in [2.24, 2.45) is 4.99 Å². The number of guanidine groups is 1. The predicted molar refractivity (Wildman–Crippen MR) is 113 cm³/mol. The summed E-state index contributed by atoms with van der Waals surface area (Å²) in [5.74, 6) is 1.59. The van der Waals surface area contributed by atoms with Gasteiger partial charge in [-0.05, 0) is 29.8 Å². The average Bonchev–Trinajstić information content (AvgIpc) is 3.11. The molecule has 0 saturated heterocycles. The Balaban J connectivity index is 0.00000338. The summed E-state index contributed by atoms with van der Waals surface area (Å²) in [6.45, 7) is 1.25. The minimum absolute atomic E-state index is 0. The van der Waals surface area contributed by atoms with Crippen LogP contribution in [-0.4, -0.2) is 46.4 Å². The van der Waals surface area contributed by atoms with E-state index in [-0.39, 0.29) is 28.9 Å². The molecule has 2 N–H and O–H groups in total. The Hall–Kier alpha value is -1.59. The highest BCUT2D eigenvalue weighted by molar-refractivity contribution is 14.0. The highest BCUT2D eigenvalue weighted by Gasteiger charge is 2.16.